The summed E-state index contributed by atoms with van der Waals surface area (Å²) in [6.45, 7) is 2.07. The van der Waals surface area contributed by atoms with Crippen LogP contribution in [0, 0.1) is 6.92 Å². The number of thiazole rings is 1. The van der Waals surface area contributed by atoms with Crippen molar-refractivity contribution in [3.63, 3.8) is 0 Å². The second kappa shape index (κ2) is 11.2. The Bertz CT molecular complexity index is 1450. The quantitative estimate of drug-likeness (QED) is 0.248. The highest BCUT2D eigenvalue weighted by Gasteiger charge is 2.15. The van der Waals surface area contributed by atoms with Crippen LogP contribution < -0.4 is 5.32 Å². The molecule has 2 aromatic heterocycles. The number of carbonyl (C=O) groups is 1. The van der Waals surface area contributed by atoms with Crippen LogP contribution in [0.15, 0.2) is 96.3 Å². The monoisotopic (exact) mass is 509 g/mol. The van der Waals surface area contributed by atoms with Gasteiger partial charge in [-0.3, -0.25) is 4.79 Å². The topological polar surface area (TPSA) is 80.7 Å². The lowest BCUT2D eigenvalue weighted by Crippen LogP contribution is -2.14. The van der Waals surface area contributed by atoms with Crippen molar-refractivity contribution in [3.8, 4) is 22.5 Å². The molecule has 36 heavy (non-hydrogen) atoms. The molecule has 8 heteroatoms. The third kappa shape index (κ3) is 6.02. The maximum Gasteiger partial charge on any atom is 0.236 e. The Morgan fingerprint density at radius 2 is 1.53 bits per heavy atom. The highest BCUT2D eigenvalue weighted by molar-refractivity contribution is 7.99. The van der Waals surface area contributed by atoms with Crippen LogP contribution in [0.5, 0.6) is 0 Å². The molecule has 0 saturated carbocycles. The number of thioether (sulfide) groups is 1. The summed E-state index contributed by atoms with van der Waals surface area (Å²) in [5.41, 5.74) is 5.78. The van der Waals surface area contributed by atoms with Gasteiger partial charge in [-0.15, -0.1) is 21.5 Å². The second-order valence-corrected chi connectivity index (χ2v) is 10.2. The van der Waals surface area contributed by atoms with E-state index in [1.165, 1.54) is 34.2 Å². The van der Waals surface area contributed by atoms with Gasteiger partial charge in [0.15, 0.2) is 5.13 Å². The molecule has 0 aliphatic carbocycles. The van der Waals surface area contributed by atoms with E-state index in [2.05, 4.69) is 51.7 Å². The second-order valence-electron chi connectivity index (χ2n) is 8.15. The molecule has 0 spiro atoms. The van der Waals surface area contributed by atoms with Crippen molar-refractivity contribution in [1.29, 1.82) is 0 Å². The third-order valence-corrected chi connectivity index (χ3v) is 7.14. The third-order valence-electron chi connectivity index (χ3n) is 5.39. The van der Waals surface area contributed by atoms with Crippen molar-refractivity contribution in [2.75, 3.05) is 11.1 Å². The Labute approximate surface area is 217 Å². The number of benzene rings is 3. The summed E-state index contributed by atoms with van der Waals surface area (Å²) in [4.78, 5) is 22.8. The van der Waals surface area contributed by atoms with E-state index in [9.17, 15) is 4.79 Å². The number of hydrogen-bond donors (Lipinski definition) is 1. The lowest BCUT2D eigenvalue weighted by Gasteiger charge is -2.09. The molecular weight excluding hydrogens is 486 g/mol. The molecule has 0 fully saturated rings. The molecule has 0 unspecified atom stereocenters. The van der Waals surface area contributed by atoms with Gasteiger partial charge in [-0.25, -0.2) is 9.97 Å². The Hall–Kier alpha value is -3.88. The van der Waals surface area contributed by atoms with Crippen LogP contribution in [0.1, 0.15) is 16.0 Å². The Balaban J connectivity index is 1.25. The SMILES string of the molecule is Cc1ccc(Cc2cnc(NC(=O)CSc3nnc(-c4ccccc4)c(-c4ccccc4)n3)s2)cc1. The van der Waals surface area contributed by atoms with Crippen molar-refractivity contribution in [2.45, 2.75) is 18.5 Å². The van der Waals surface area contributed by atoms with Gasteiger partial charge in [0.25, 0.3) is 0 Å². The number of aromatic nitrogens is 4. The molecule has 6 nitrogen and oxygen atoms in total. The van der Waals surface area contributed by atoms with Crippen molar-refractivity contribution < 1.29 is 4.79 Å². The first-order chi connectivity index (χ1) is 17.6. The summed E-state index contributed by atoms with van der Waals surface area (Å²) in [5.74, 6) is 0.00114. The first-order valence-corrected chi connectivity index (χ1v) is 13.2. The maximum absolute atomic E-state index is 12.6. The number of aryl methyl sites for hydroxylation is 1. The van der Waals surface area contributed by atoms with Gasteiger partial charge in [0, 0.05) is 28.6 Å². The van der Waals surface area contributed by atoms with Gasteiger partial charge >= 0.3 is 0 Å². The molecule has 178 valence electrons. The van der Waals surface area contributed by atoms with Crippen molar-refractivity contribution >= 4 is 34.1 Å². The summed E-state index contributed by atoms with van der Waals surface area (Å²) in [6.07, 6.45) is 2.60. The summed E-state index contributed by atoms with van der Waals surface area (Å²) in [7, 11) is 0. The van der Waals surface area contributed by atoms with E-state index in [-0.39, 0.29) is 11.7 Å². The number of amides is 1. The van der Waals surface area contributed by atoms with Crippen LogP contribution in [-0.2, 0) is 11.2 Å². The first-order valence-electron chi connectivity index (χ1n) is 11.4. The zero-order valence-electron chi connectivity index (χ0n) is 19.6. The summed E-state index contributed by atoms with van der Waals surface area (Å²) >= 11 is 2.74. The van der Waals surface area contributed by atoms with E-state index < -0.39 is 0 Å². The van der Waals surface area contributed by atoms with Gasteiger partial charge in [0.1, 0.15) is 11.4 Å². The van der Waals surface area contributed by atoms with Crippen LogP contribution >= 0.6 is 23.1 Å². The molecule has 1 N–H and O–H groups in total. The number of rotatable bonds is 8. The van der Waals surface area contributed by atoms with Crippen LogP contribution in [0.2, 0.25) is 0 Å². The van der Waals surface area contributed by atoms with Crippen LogP contribution in [0.25, 0.3) is 22.5 Å². The Kier molecular flexibility index (Phi) is 7.44. The average Bonchev–Trinajstić information content (AvgIpc) is 3.36. The zero-order chi connectivity index (χ0) is 24.7. The van der Waals surface area contributed by atoms with Gasteiger partial charge in [-0.1, -0.05) is 102 Å². The predicted molar refractivity (Wildman–Crippen MR) is 146 cm³/mol. The normalized spacial score (nSPS) is 10.8. The molecule has 2 heterocycles. The van der Waals surface area contributed by atoms with Gasteiger partial charge in [0.2, 0.25) is 11.1 Å². The fourth-order valence-electron chi connectivity index (χ4n) is 3.60. The molecule has 3 aromatic carbocycles. The van der Waals surface area contributed by atoms with Crippen molar-refractivity contribution in [1.82, 2.24) is 20.2 Å². The molecule has 5 rings (SSSR count). The van der Waals surface area contributed by atoms with Crippen LogP contribution in [-0.4, -0.2) is 31.8 Å². The lowest BCUT2D eigenvalue weighted by atomic mass is 10.0. The number of nitrogens with zero attached hydrogens (tertiary/aromatic N) is 4. The lowest BCUT2D eigenvalue weighted by molar-refractivity contribution is -0.113. The fraction of sp³-hybridized carbons (Fsp3) is 0.107. The molecule has 5 aromatic rings. The number of hydrogen-bond acceptors (Lipinski definition) is 7. The number of carbonyl (C=O) groups excluding carboxylic acids is 1. The smallest absolute Gasteiger partial charge is 0.236 e. The predicted octanol–water partition coefficient (Wildman–Crippen LogP) is 6.29. The largest absolute Gasteiger partial charge is 0.301 e. The number of anilines is 1. The minimum absolute atomic E-state index is 0.159. The van der Waals surface area contributed by atoms with Gasteiger partial charge in [0.05, 0.1) is 5.75 Å². The minimum atomic E-state index is -0.159. The molecule has 0 saturated heterocycles. The Morgan fingerprint density at radius 1 is 0.861 bits per heavy atom. The highest BCUT2D eigenvalue weighted by Crippen LogP contribution is 2.30. The summed E-state index contributed by atoms with van der Waals surface area (Å²) in [5, 5.41) is 12.7. The van der Waals surface area contributed by atoms with Gasteiger partial charge in [-0.05, 0) is 12.5 Å². The molecule has 0 atom stereocenters. The van der Waals surface area contributed by atoms with E-state index in [1.54, 1.807) is 0 Å². The number of nitrogens with one attached hydrogen (secondary N) is 1. The average molecular weight is 510 g/mol. The van der Waals surface area contributed by atoms with Crippen LogP contribution in [0.4, 0.5) is 5.13 Å². The zero-order valence-corrected chi connectivity index (χ0v) is 21.2. The van der Waals surface area contributed by atoms with Gasteiger partial charge in [-0.2, -0.15) is 0 Å². The standard InChI is InChI=1S/C28H23N5OS2/c1-19-12-14-20(15-13-19)16-23-17-29-27(36-23)30-24(34)18-35-28-31-25(21-8-4-2-5-9-21)26(32-33-28)22-10-6-3-7-11-22/h2-15,17H,16,18H2,1H3,(H,29,30,34). The summed E-state index contributed by atoms with van der Waals surface area (Å²) < 4.78 is 0. The van der Waals surface area contributed by atoms with Gasteiger partial charge < -0.3 is 5.32 Å². The molecule has 0 bridgehead atoms. The molecule has 0 aliphatic rings. The van der Waals surface area contributed by atoms with E-state index in [0.717, 1.165) is 28.1 Å². The Morgan fingerprint density at radius 3 is 2.22 bits per heavy atom. The van der Waals surface area contributed by atoms with Crippen molar-refractivity contribution in [3.05, 3.63) is 107 Å². The highest BCUT2D eigenvalue weighted by atomic mass is 32.2. The molecule has 1 amide bonds. The fourth-order valence-corrected chi connectivity index (χ4v) is 5.05. The summed E-state index contributed by atoms with van der Waals surface area (Å²) in [6, 6.07) is 28.2. The maximum atomic E-state index is 12.6. The molecule has 0 radical (unpaired) electrons. The molecule has 0 aliphatic heterocycles. The van der Waals surface area contributed by atoms with E-state index in [1.807, 2.05) is 66.9 Å². The van der Waals surface area contributed by atoms with E-state index in [0.29, 0.717) is 16.0 Å². The minimum Gasteiger partial charge on any atom is -0.301 e. The first kappa shape index (κ1) is 23.8. The molecular formula is C28H23N5OS2. The van der Waals surface area contributed by atoms with E-state index >= 15 is 0 Å². The van der Waals surface area contributed by atoms with E-state index in [4.69, 9.17) is 4.98 Å². The van der Waals surface area contributed by atoms with Crippen molar-refractivity contribution in [2.24, 2.45) is 0 Å². The van der Waals surface area contributed by atoms with Crippen LogP contribution in [0.3, 0.4) is 0 Å².